The van der Waals surface area contributed by atoms with Gasteiger partial charge in [0.1, 0.15) is 11.8 Å². The van der Waals surface area contributed by atoms with Crippen molar-refractivity contribution >= 4 is 5.91 Å². The van der Waals surface area contributed by atoms with Crippen LogP contribution in [0.15, 0.2) is 58.0 Å². The molecule has 2 heterocycles. The number of nitrogens with zero attached hydrogens (tertiary/aromatic N) is 2. The van der Waals surface area contributed by atoms with E-state index in [1.807, 2.05) is 0 Å². The highest BCUT2D eigenvalue weighted by Crippen LogP contribution is 2.17. The second kappa shape index (κ2) is 6.23. The van der Waals surface area contributed by atoms with Crippen LogP contribution in [-0.4, -0.2) is 27.8 Å². The van der Waals surface area contributed by atoms with Crippen molar-refractivity contribution < 1.29 is 18.8 Å². The molecule has 2 aromatic heterocycles. The van der Waals surface area contributed by atoms with Crippen LogP contribution in [0.25, 0.3) is 11.4 Å². The molecule has 0 bridgehead atoms. The van der Waals surface area contributed by atoms with Crippen LogP contribution < -0.4 is 5.32 Å². The number of nitrogens with one attached hydrogen (secondary N) is 1. The Morgan fingerprint density at radius 2 is 2.09 bits per heavy atom. The van der Waals surface area contributed by atoms with E-state index in [1.165, 1.54) is 12.7 Å². The van der Waals surface area contributed by atoms with Crippen LogP contribution in [0.4, 0.5) is 0 Å². The Morgan fingerprint density at radius 3 is 2.68 bits per heavy atom. The van der Waals surface area contributed by atoms with Gasteiger partial charge in [-0.15, -0.1) is 0 Å². The number of hydrogen-bond acceptors (Lipinski definition) is 6. The minimum Gasteiger partial charge on any atom is -0.467 e. The van der Waals surface area contributed by atoms with E-state index in [4.69, 9.17) is 4.42 Å². The average molecular weight is 299 g/mol. The normalized spacial score (nSPS) is 12.0. The molecule has 7 heteroatoms. The van der Waals surface area contributed by atoms with Crippen molar-refractivity contribution in [2.75, 3.05) is 6.61 Å². The van der Waals surface area contributed by atoms with Gasteiger partial charge in [-0.1, -0.05) is 17.3 Å². The third-order valence-electron chi connectivity index (χ3n) is 3.14. The third-order valence-corrected chi connectivity index (χ3v) is 3.14. The van der Waals surface area contributed by atoms with Crippen LogP contribution in [0.2, 0.25) is 0 Å². The topological polar surface area (TPSA) is 101 Å². The first kappa shape index (κ1) is 14.0. The highest BCUT2D eigenvalue weighted by molar-refractivity contribution is 5.94. The molecule has 0 spiro atoms. The fourth-order valence-corrected chi connectivity index (χ4v) is 2.01. The monoisotopic (exact) mass is 299 g/mol. The molecule has 22 heavy (non-hydrogen) atoms. The zero-order valence-corrected chi connectivity index (χ0v) is 11.5. The summed E-state index contributed by atoms with van der Waals surface area (Å²) in [6.45, 7) is -0.250. The van der Waals surface area contributed by atoms with E-state index in [1.54, 1.807) is 36.4 Å². The van der Waals surface area contributed by atoms with Crippen molar-refractivity contribution in [3.8, 4) is 11.4 Å². The number of carbonyl (C=O) groups excluding carboxylic acids is 1. The van der Waals surface area contributed by atoms with Crippen LogP contribution in [0.5, 0.6) is 0 Å². The maximum atomic E-state index is 12.2. The molecule has 0 saturated carbocycles. The third kappa shape index (κ3) is 2.89. The van der Waals surface area contributed by atoms with Crippen LogP contribution >= 0.6 is 0 Å². The lowest BCUT2D eigenvalue weighted by Gasteiger charge is -2.14. The summed E-state index contributed by atoms with van der Waals surface area (Å²) in [4.78, 5) is 16.1. The number of carbonyl (C=O) groups is 1. The molecule has 1 amide bonds. The van der Waals surface area contributed by atoms with Gasteiger partial charge in [0.05, 0.1) is 12.9 Å². The Labute approximate surface area is 125 Å². The van der Waals surface area contributed by atoms with E-state index >= 15 is 0 Å². The molecule has 2 N–H and O–H groups in total. The molecule has 1 atom stereocenters. The number of rotatable bonds is 5. The van der Waals surface area contributed by atoms with E-state index in [0.29, 0.717) is 17.1 Å². The lowest BCUT2D eigenvalue weighted by molar-refractivity contribution is 0.0907. The molecule has 7 nitrogen and oxygen atoms in total. The first-order chi connectivity index (χ1) is 10.8. The van der Waals surface area contributed by atoms with Crippen molar-refractivity contribution in [2.24, 2.45) is 0 Å². The largest absolute Gasteiger partial charge is 0.467 e. The number of benzene rings is 1. The molecule has 0 aliphatic heterocycles. The highest BCUT2D eigenvalue weighted by Gasteiger charge is 2.17. The number of amides is 1. The van der Waals surface area contributed by atoms with Gasteiger partial charge >= 0.3 is 0 Å². The Kier molecular flexibility index (Phi) is 3.97. The molecule has 0 aliphatic rings. The van der Waals surface area contributed by atoms with E-state index in [0.717, 1.165) is 5.56 Å². The van der Waals surface area contributed by atoms with Crippen LogP contribution in [-0.2, 0) is 0 Å². The molecule has 0 saturated heterocycles. The SMILES string of the molecule is O=C(NC(CO)c1ccco1)c1ccc(-c2ncon2)cc1. The standard InChI is InChI=1S/C15H13N3O4/c19-8-12(13-2-1-7-21-13)17-15(20)11-5-3-10(4-6-11)14-16-9-22-18-14/h1-7,9,12,19H,8H2,(H,17,20). The summed E-state index contributed by atoms with van der Waals surface area (Å²) in [5, 5.41) is 15.8. The summed E-state index contributed by atoms with van der Waals surface area (Å²) in [5.74, 6) is 0.644. The minimum atomic E-state index is -0.584. The quantitative estimate of drug-likeness (QED) is 0.745. The van der Waals surface area contributed by atoms with Crippen molar-refractivity contribution in [3.05, 3.63) is 60.4 Å². The highest BCUT2D eigenvalue weighted by atomic mass is 16.5. The predicted octanol–water partition coefficient (Wildman–Crippen LogP) is 1.79. The summed E-state index contributed by atoms with van der Waals surface area (Å²) in [5.41, 5.74) is 1.20. The zero-order chi connectivity index (χ0) is 15.4. The summed E-state index contributed by atoms with van der Waals surface area (Å²) < 4.78 is 9.87. The van der Waals surface area contributed by atoms with Crippen molar-refractivity contribution in [1.29, 1.82) is 0 Å². The average Bonchev–Trinajstić information content (AvgIpc) is 3.25. The first-order valence-corrected chi connectivity index (χ1v) is 6.60. The van der Waals surface area contributed by atoms with E-state index in [-0.39, 0.29) is 12.5 Å². The molecule has 1 aromatic carbocycles. The summed E-state index contributed by atoms with van der Waals surface area (Å²) >= 11 is 0. The van der Waals surface area contributed by atoms with Gasteiger partial charge in [-0.05, 0) is 24.3 Å². The Morgan fingerprint density at radius 1 is 1.27 bits per heavy atom. The van der Waals surface area contributed by atoms with Gasteiger partial charge in [0, 0.05) is 11.1 Å². The van der Waals surface area contributed by atoms with Crippen LogP contribution in [0.3, 0.4) is 0 Å². The Balaban J connectivity index is 1.72. The second-order valence-electron chi connectivity index (χ2n) is 4.56. The fourth-order valence-electron chi connectivity index (χ4n) is 2.01. The van der Waals surface area contributed by atoms with Crippen LogP contribution in [0.1, 0.15) is 22.2 Å². The van der Waals surface area contributed by atoms with Gasteiger partial charge in [-0.2, -0.15) is 4.98 Å². The van der Waals surface area contributed by atoms with E-state index in [2.05, 4.69) is 20.0 Å². The number of furan rings is 1. The molecule has 1 unspecified atom stereocenters. The molecule has 0 aliphatic carbocycles. The van der Waals surface area contributed by atoms with Crippen LogP contribution in [0, 0.1) is 0 Å². The predicted molar refractivity (Wildman–Crippen MR) is 75.7 cm³/mol. The number of hydrogen-bond donors (Lipinski definition) is 2. The lowest BCUT2D eigenvalue weighted by atomic mass is 10.1. The van der Waals surface area contributed by atoms with E-state index in [9.17, 15) is 9.90 Å². The molecular formula is C15H13N3O4. The molecular weight excluding hydrogens is 286 g/mol. The van der Waals surface area contributed by atoms with Crippen molar-refractivity contribution in [2.45, 2.75) is 6.04 Å². The molecule has 0 radical (unpaired) electrons. The van der Waals surface area contributed by atoms with E-state index < -0.39 is 6.04 Å². The Bertz CT molecular complexity index is 721. The first-order valence-electron chi connectivity index (χ1n) is 6.60. The van der Waals surface area contributed by atoms with Gasteiger partial charge in [0.2, 0.25) is 12.2 Å². The van der Waals surface area contributed by atoms with Gasteiger partial charge < -0.3 is 19.4 Å². The zero-order valence-electron chi connectivity index (χ0n) is 11.5. The minimum absolute atomic E-state index is 0.250. The number of aliphatic hydroxyl groups is 1. The molecule has 3 rings (SSSR count). The van der Waals surface area contributed by atoms with Gasteiger partial charge in [0.25, 0.3) is 5.91 Å². The number of aromatic nitrogens is 2. The molecule has 3 aromatic rings. The lowest BCUT2D eigenvalue weighted by Crippen LogP contribution is -2.30. The maximum Gasteiger partial charge on any atom is 0.251 e. The number of aliphatic hydroxyl groups excluding tert-OH is 1. The van der Waals surface area contributed by atoms with Crippen molar-refractivity contribution in [3.63, 3.8) is 0 Å². The summed E-state index contributed by atoms with van der Waals surface area (Å²) in [6.07, 6.45) is 2.73. The smallest absolute Gasteiger partial charge is 0.251 e. The summed E-state index contributed by atoms with van der Waals surface area (Å²) in [6, 6.07) is 9.56. The Hall–Kier alpha value is -2.93. The molecule has 112 valence electrons. The molecule has 0 fully saturated rings. The maximum absolute atomic E-state index is 12.2. The summed E-state index contributed by atoms with van der Waals surface area (Å²) in [7, 11) is 0. The van der Waals surface area contributed by atoms with Crippen molar-refractivity contribution in [1.82, 2.24) is 15.5 Å². The van der Waals surface area contributed by atoms with Gasteiger partial charge in [-0.3, -0.25) is 4.79 Å². The van der Waals surface area contributed by atoms with Gasteiger partial charge in [-0.25, -0.2) is 0 Å². The van der Waals surface area contributed by atoms with Gasteiger partial charge in [0.15, 0.2) is 0 Å². The fraction of sp³-hybridized carbons (Fsp3) is 0.133. The second-order valence-corrected chi connectivity index (χ2v) is 4.56.